The van der Waals surface area contributed by atoms with E-state index in [4.69, 9.17) is 4.74 Å². The minimum atomic E-state index is -1.44. The number of rotatable bonds is 7. The predicted molar refractivity (Wildman–Crippen MR) is 128 cm³/mol. The number of ketones is 1. The van der Waals surface area contributed by atoms with Crippen LogP contribution < -0.4 is 15.1 Å². The first kappa shape index (κ1) is 23.5. The number of aromatic carboxylic acids is 1. The molecule has 1 saturated heterocycles. The van der Waals surface area contributed by atoms with E-state index in [9.17, 15) is 19.5 Å². The van der Waals surface area contributed by atoms with E-state index in [-0.39, 0.29) is 58.8 Å². The van der Waals surface area contributed by atoms with Crippen molar-refractivity contribution >= 4 is 40.1 Å². The monoisotopic (exact) mass is 510 g/mol. The lowest BCUT2D eigenvalue weighted by Crippen LogP contribution is -2.51. The highest BCUT2D eigenvalue weighted by atomic mass is 32.1. The summed E-state index contributed by atoms with van der Waals surface area (Å²) in [5.41, 5.74) is -0.722. The molecule has 5 rings (SSSR count). The topological polar surface area (TPSA) is 140 Å². The smallest absolute Gasteiger partial charge is 0.341 e. The molecule has 0 aromatic carbocycles. The first-order valence-corrected chi connectivity index (χ1v) is 11.6. The van der Waals surface area contributed by atoms with Gasteiger partial charge in [-0.15, -0.1) is 0 Å². The number of carboxylic acid groups (broad SMARTS) is 1. The van der Waals surface area contributed by atoms with Crippen LogP contribution in [0, 0.1) is 18.7 Å². The molecule has 13 heteroatoms. The molecule has 0 saturated carbocycles. The maximum atomic E-state index is 15.4. The Balaban J connectivity index is 1.47. The number of carbonyl (C=O) groups excluding carboxylic acids is 1. The highest BCUT2D eigenvalue weighted by Gasteiger charge is 2.36. The summed E-state index contributed by atoms with van der Waals surface area (Å²) in [5.74, 6) is -1.97. The lowest BCUT2D eigenvalue weighted by Gasteiger charge is -2.39. The largest absolute Gasteiger partial charge is 0.495 e. The van der Waals surface area contributed by atoms with Crippen molar-refractivity contribution in [2.24, 2.45) is 5.92 Å². The van der Waals surface area contributed by atoms with Crippen molar-refractivity contribution in [3.63, 3.8) is 0 Å². The molecule has 0 amide bonds. The molecule has 0 atom stereocenters. The lowest BCUT2D eigenvalue weighted by atomic mass is 9.92. The molecule has 0 aliphatic carbocycles. The summed E-state index contributed by atoms with van der Waals surface area (Å²) < 4.78 is 25.7. The molecule has 0 unspecified atom stereocenters. The second-order valence-electron chi connectivity index (χ2n) is 8.28. The Labute approximate surface area is 207 Å². The number of carboxylic acids is 1. The van der Waals surface area contributed by atoms with Gasteiger partial charge in [0.15, 0.2) is 17.3 Å². The molecule has 1 fully saturated rings. The number of hydrogen-bond acceptors (Lipinski definition) is 10. The Morgan fingerprint density at radius 3 is 2.67 bits per heavy atom. The molecule has 4 aromatic rings. The molecule has 4 aromatic heterocycles. The fraction of sp³-hybridized carbons (Fsp3) is 0.261. The van der Waals surface area contributed by atoms with Gasteiger partial charge in [-0.3, -0.25) is 19.1 Å². The number of halogens is 1. The standard InChI is InChI=1S/C23H19FN6O5S/c1-11-17-19(32)15(22(33)34)9-30(23-26-10-27-36-23)20(17)28-21(18(11)24)29-7-12(8-29)16(31)5-13-3-4-14(35-2)6-25-13/h3-4,6,9-10,12H,5,7-8H2,1-2H3,(H,33,34). The van der Waals surface area contributed by atoms with Gasteiger partial charge in [0.05, 0.1) is 24.6 Å². The van der Waals surface area contributed by atoms with E-state index in [1.54, 1.807) is 23.2 Å². The molecular formula is C23H19FN6O5S. The number of anilines is 1. The van der Waals surface area contributed by atoms with E-state index >= 15 is 4.39 Å². The summed E-state index contributed by atoms with van der Waals surface area (Å²) in [7, 11) is 1.53. The third-order valence-electron chi connectivity index (χ3n) is 6.11. The molecule has 0 spiro atoms. The Bertz CT molecular complexity index is 1550. The van der Waals surface area contributed by atoms with Gasteiger partial charge in [0.2, 0.25) is 10.6 Å². The van der Waals surface area contributed by atoms with Gasteiger partial charge in [0.25, 0.3) is 0 Å². The number of ether oxygens (including phenoxy) is 1. The summed E-state index contributed by atoms with van der Waals surface area (Å²) in [6, 6.07) is 3.45. The second kappa shape index (κ2) is 9.07. The van der Waals surface area contributed by atoms with Crippen LogP contribution in [0.3, 0.4) is 0 Å². The van der Waals surface area contributed by atoms with Crippen molar-refractivity contribution in [1.29, 1.82) is 0 Å². The van der Waals surface area contributed by atoms with Gasteiger partial charge in [-0.2, -0.15) is 4.37 Å². The molecule has 5 heterocycles. The number of nitrogens with zero attached hydrogens (tertiary/aromatic N) is 6. The molecule has 0 radical (unpaired) electrons. The molecule has 1 aliphatic rings. The average Bonchev–Trinajstić information content (AvgIpc) is 3.36. The number of hydrogen-bond donors (Lipinski definition) is 1. The van der Waals surface area contributed by atoms with Crippen LogP contribution >= 0.6 is 11.5 Å². The van der Waals surface area contributed by atoms with Gasteiger partial charge in [-0.1, -0.05) is 0 Å². The maximum Gasteiger partial charge on any atom is 0.341 e. The van der Waals surface area contributed by atoms with Gasteiger partial charge < -0.3 is 14.7 Å². The molecule has 36 heavy (non-hydrogen) atoms. The Kier molecular flexibility index (Phi) is 5.92. The number of methoxy groups -OCH3 is 1. The minimum Gasteiger partial charge on any atom is -0.495 e. The molecule has 0 bridgehead atoms. The van der Waals surface area contributed by atoms with Crippen molar-refractivity contribution in [1.82, 2.24) is 23.9 Å². The molecule has 184 valence electrons. The highest BCUT2D eigenvalue weighted by molar-refractivity contribution is 7.08. The van der Waals surface area contributed by atoms with Crippen LogP contribution in [0.15, 0.2) is 35.6 Å². The first-order valence-electron chi connectivity index (χ1n) is 10.8. The van der Waals surface area contributed by atoms with Crippen LogP contribution in [0.5, 0.6) is 5.75 Å². The van der Waals surface area contributed by atoms with Crippen molar-refractivity contribution in [2.45, 2.75) is 13.3 Å². The van der Waals surface area contributed by atoms with Crippen LogP contribution in [0.4, 0.5) is 10.2 Å². The number of aryl methyl sites for hydroxylation is 1. The summed E-state index contributed by atoms with van der Waals surface area (Å²) in [6.45, 7) is 1.90. The van der Waals surface area contributed by atoms with Crippen LogP contribution in [0.25, 0.3) is 16.2 Å². The number of fused-ring (bicyclic) bond motifs is 1. The van der Waals surface area contributed by atoms with Gasteiger partial charge in [-0.25, -0.2) is 19.2 Å². The fourth-order valence-electron chi connectivity index (χ4n) is 4.08. The minimum absolute atomic E-state index is 0.0210. The molecule has 11 nitrogen and oxygen atoms in total. The lowest BCUT2D eigenvalue weighted by molar-refractivity contribution is -0.123. The fourth-order valence-corrected chi connectivity index (χ4v) is 4.59. The Hall–Kier alpha value is -4.26. The zero-order valence-electron chi connectivity index (χ0n) is 19.1. The second-order valence-corrected chi connectivity index (χ2v) is 9.04. The summed E-state index contributed by atoms with van der Waals surface area (Å²) in [5, 5.41) is 9.63. The summed E-state index contributed by atoms with van der Waals surface area (Å²) in [6.07, 6.45) is 4.08. The zero-order valence-corrected chi connectivity index (χ0v) is 20.0. The van der Waals surface area contributed by atoms with Gasteiger partial charge in [0, 0.05) is 48.5 Å². The Morgan fingerprint density at radius 2 is 2.06 bits per heavy atom. The van der Waals surface area contributed by atoms with Gasteiger partial charge >= 0.3 is 5.97 Å². The van der Waals surface area contributed by atoms with E-state index in [0.717, 1.165) is 17.7 Å². The normalized spacial score (nSPS) is 13.6. The summed E-state index contributed by atoms with van der Waals surface area (Å²) in [4.78, 5) is 51.6. The quantitative estimate of drug-likeness (QED) is 0.393. The van der Waals surface area contributed by atoms with Crippen LogP contribution in [0.2, 0.25) is 0 Å². The predicted octanol–water partition coefficient (Wildman–Crippen LogP) is 2.03. The highest BCUT2D eigenvalue weighted by Crippen LogP contribution is 2.32. The number of pyridine rings is 3. The van der Waals surface area contributed by atoms with E-state index < -0.39 is 22.8 Å². The van der Waals surface area contributed by atoms with Crippen LogP contribution in [-0.2, 0) is 11.2 Å². The molecule has 1 N–H and O–H groups in total. The third-order valence-corrected chi connectivity index (χ3v) is 6.77. The molecular weight excluding hydrogens is 491 g/mol. The van der Waals surface area contributed by atoms with E-state index in [2.05, 4.69) is 19.3 Å². The van der Waals surface area contributed by atoms with Crippen molar-refractivity contribution in [3.05, 3.63) is 63.7 Å². The Morgan fingerprint density at radius 1 is 1.28 bits per heavy atom. The van der Waals surface area contributed by atoms with Crippen LogP contribution in [0.1, 0.15) is 21.6 Å². The zero-order chi connectivity index (χ0) is 25.6. The summed E-state index contributed by atoms with van der Waals surface area (Å²) >= 11 is 0.970. The third kappa shape index (κ3) is 3.96. The van der Waals surface area contributed by atoms with E-state index in [0.29, 0.717) is 11.4 Å². The van der Waals surface area contributed by atoms with Crippen molar-refractivity contribution < 1.29 is 23.8 Å². The van der Waals surface area contributed by atoms with Crippen LogP contribution in [-0.4, -0.2) is 61.0 Å². The number of Topliss-reactive ketones (excluding diaryl/α,β-unsaturated/α-hetero) is 1. The van der Waals surface area contributed by atoms with Crippen molar-refractivity contribution in [3.8, 4) is 10.9 Å². The first-order chi connectivity index (χ1) is 17.3. The van der Waals surface area contributed by atoms with Crippen molar-refractivity contribution in [2.75, 3.05) is 25.1 Å². The van der Waals surface area contributed by atoms with E-state index in [1.165, 1.54) is 24.9 Å². The maximum absolute atomic E-state index is 15.4. The van der Waals surface area contributed by atoms with Gasteiger partial charge in [-0.05, 0) is 19.1 Å². The van der Waals surface area contributed by atoms with Gasteiger partial charge in [0.1, 0.15) is 23.4 Å². The van der Waals surface area contributed by atoms with E-state index in [1.807, 2.05) is 0 Å². The number of carbonyl (C=O) groups is 2. The average molecular weight is 511 g/mol. The number of aromatic nitrogens is 5. The molecule has 1 aliphatic heterocycles. The SMILES string of the molecule is COc1ccc(CC(=O)C2CN(c3nc4c(c(C)c3F)c(=O)c(C(=O)O)cn4-c3ncns3)C2)nc1.